The van der Waals surface area contributed by atoms with Gasteiger partial charge in [-0.05, 0) is 30.3 Å². The van der Waals surface area contributed by atoms with Crippen LogP contribution in [0.25, 0.3) is 0 Å². The van der Waals surface area contributed by atoms with Crippen LogP contribution in [0.15, 0.2) is 30.3 Å². The van der Waals surface area contributed by atoms with Crippen LogP contribution in [0.5, 0.6) is 0 Å². The molecule has 0 aliphatic carbocycles. The molecule has 1 aromatic heterocycles. The molecule has 0 radical (unpaired) electrons. The Hall–Kier alpha value is -1.57. The number of nitrogens with zero attached hydrogens (tertiary/aromatic N) is 2. The van der Waals surface area contributed by atoms with Crippen LogP contribution >= 0.6 is 23.2 Å². The largest absolute Gasteiger partial charge is 0.337 e. The first kappa shape index (κ1) is 14.8. The summed E-state index contributed by atoms with van der Waals surface area (Å²) in [5.41, 5.74) is 0.581. The maximum Gasteiger partial charge on any atom is 0.231 e. The average molecular weight is 333 g/mol. The van der Waals surface area contributed by atoms with Crippen molar-refractivity contribution in [3.8, 4) is 0 Å². The first-order valence-corrected chi connectivity index (χ1v) is 8.02. The summed E-state index contributed by atoms with van der Waals surface area (Å²) < 4.78 is 24.3. The van der Waals surface area contributed by atoms with Crippen LogP contribution in [0.2, 0.25) is 10.0 Å². The van der Waals surface area contributed by atoms with Crippen molar-refractivity contribution in [2.75, 3.05) is 16.3 Å². The number of nitrogens with one attached hydrogen (secondary N) is 2. The molecule has 20 heavy (non-hydrogen) atoms. The molecule has 6 nitrogen and oxygen atoms in total. The molecule has 0 unspecified atom stereocenters. The van der Waals surface area contributed by atoms with Gasteiger partial charge in [0.15, 0.2) is 11.6 Å². The quantitative estimate of drug-likeness (QED) is 0.899. The minimum absolute atomic E-state index is 0.134. The van der Waals surface area contributed by atoms with Crippen LogP contribution in [0.4, 0.5) is 17.3 Å². The highest BCUT2D eigenvalue weighted by molar-refractivity contribution is 7.92. The number of halogens is 2. The zero-order valence-corrected chi connectivity index (χ0v) is 12.6. The molecule has 1 aromatic carbocycles. The van der Waals surface area contributed by atoms with Gasteiger partial charge < -0.3 is 5.32 Å². The van der Waals surface area contributed by atoms with Crippen molar-refractivity contribution >= 4 is 50.5 Å². The summed E-state index contributed by atoms with van der Waals surface area (Å²) in [5.74, 6) is 0.545. The third-order valence-electron chi connectivity index (χ3n) is 2.15. The Labute approximate surface area is 126 Å². The van der Waals surface area contributed by atoms with Crippen molar-refractivity contribution < 1.29 is 8.42 Å². The van der Waals surface area contributed by atoms with Crippen molar-refractivity contribution in [2.24, 2.45) is 0 Å². The lowest BCUT2D eigenvalue weighted by Gasteiger charge is -2.08. The molecule has 9 heteroatoms. The van der Waals surface area contributed by atoms with E-state index in [-0.39, 0.29) is 5.82 Å². The van der Waals surface area contributed by atoms with Crippen molar-refractivity contribution in [1.29, 1.82) is 0 Å². The van der Waals surface area contributed by atoms with Gasteiger partial charge in [0.1, 0.15) is 0 Å². The van der Waals surface area contributed by atoms with Gasteiger partial charge in [-0.3, -0.25) is 4.72 Å². The fourth-order valence-corrected chi connectivity index (χ4v) is 2.20. The molecule has 0 fully saturated rings. The summed E-state index contributed by atoms with van der Waals surface area (Å²) in [7, 11) is -3.37. The molecule has 2 N–H and O–H groups in total. The molecule has 0 spiro atoms. The van der Waals surface area contributed by atoms with E-state index in [2.05, 4.69) is 20.2 Å². The van der Waals surface area contributed by atoms with Gasteiger partial charge in [0, 0.05) is 5.02 Å². The van der Waals surface area contributed by atoms with Gasteiger partial charge in [-0.2, -0.15) is 0 Å². The van der Waals surface area contributed by atoms with E-state index < -0.39 is 10.0 Å². The molecule has 0 bridgehead atoms. The van der Waals surface area contributed by atoms with E-state index in [1.807, 2.05) is 0 Å². The van der Waals surface area contributed by atoms with Crippen molar-refractivity contribution in [1.82, 2.24) is 10.2 Å². The number of hydrogen-bond donors (Lipinski definition) is 2. The lowest BCUT2D eigenvalue weighted by atomic mass is 10.3. The van der Waals surface area contributed by atoms with Gasteiger partial charge in [0.2, 0.25) is 10.0 Å². The maximum atomic E-state index is 11.0. The third-order valence-corrected chi connectivity index (χ3v) is 3.29. The highest BCUT2D eigenvalue weighted by Crippen LogP contribution is 2.27. The van der Waals surface area contributed by atoms with E-state index in [1.165, 1.54) is 6.07 Å². The van der Waals surface area contributed by atoms with E-state index in [4.69, 9.17) is 23.2 Å². The fourth-order valence-electron chi connectivity index (χ4n) is 1.37. The Morgan fingerprint density at radius 3 is 2.30 bits per heavy atom. The summed E-state index contributed by atoms with van der Waals surface area (Å²) in [6, 6.07) is 8.01. The predicted molar refractivity (Wildman–Crippen MR) is 80.2 cm³/mol. The smallest absolute Gasteiger partial charge is 0.231 e. The second kappa shape index (κ2) is 5.82. The van der Waals surface area contributed by atoms with Crippen molar-refractivity contribution in [2.45, 2.75) is 0 Å². The Morgan fingerprint density at radius 2 is 1.70 bits per heavy atom. The molecule has 2 aromatic rings. The zero-order chi connectivity index (χ0) is 14.8. The topological polar surface area (TPSA) is 84.0 Å². The zero-order valence-electron chi connectivity index (χ0n) is 10.3. The molecule has 0 aliphatic rings. The van der Waals surface area contributed by atoms with Gasteiger partial charge >= 0.3 is 0 Å². The normalized spacial score (nSPS) is 11.2. The van der Waals surface area contributed by atoms with Gasteiger partial charge in [0.05, 0.1) is 17.0 Å². The standard InChI is InChI=1S/C11H10Cl2N4O2S/c1-20(18,19)17-11-5-4-10(15-16-11)14-9-6-7(12)2-3-8(9)13/h2-6H,1H3,(H,14,15)(H,16,17). The lowest BCUT2D eigenvalue weighted by molar-refractivity contribution is 0.606. The Bertz CT molecular complexity index is 720. The van der Waals surface area contributed by atoms with Crippen molar-refractivity contribution in [3.05, 3.63) is 40.4 Å². The molecule has 0 amide bonds. The van der Waals surface area contributed by atoms with Gasteiger partial charge in [-0.15, -0.1) is 10.2 Å². The number of sulfonamides is 1. The van der Waals surface area contributed by atoms with Crippen LogP contribution in [-0.4, -0.2) is 24.9 Å². The summed E-state index contributed by atoms with van der Waals surface area (Å²) in [4.78, 5) is 0. The number of rotatable bonds is 4. The van der Waals surface area contributed by atoms with Gasteiger partial charge in [0.25, 0.3) is 0 Å². The molecule has 1 heterocycles. The van der Waals surface area contributed by atoms with Crippen LogP contribution in [0, 0.1) is 0 Å². The van der Waals surface area contributed by atoms with Gasteiger partial charge in [-0.25, -0.2) is 8.42 Å². The lowest BCUT2D eigenvalue weighted by Crippen LogP contribution is -2.11. The maximum absolute atomic E-state index is 11.0. The second-order valence-electron chi connectivity index (χ2n) is 3.93. The number of aromatic nitrogens is 2. The molecule has 0 atom stereocenters. The van der Waals surface area contributed by atoms with Crippen molar-refractivity contribution in [3.63, 3.8) is 0 Å². The fraction of sp³-hybridized carbons (Fsp3) is 0.0909. The highest BCUT2D eigenvalue weighted by atomic mass is 35.5. The SMILES string of the molecule is CS(=O)(=O)Nc1ccc(Nc2cc(Cl)ccc2Cl)nn1. The minimum atomic E-state index is -3.37. The average Bonchev–Trinajstić information content (AvgIpc) is 2.34. The van der Waals surface area contributed by atoms with E-state index in [1.54, 1.807) is 24.3 Å². The molecule has 106 valence electrons. The number of benzene rings is 1. The van der Waals surface area contributed by atoms with Crippen LogP contribution < -0.4 is 10.0 Å². The number of anilines is 3. The minimum Gasteiger partial charge on any atom is -0.337 e. The summed E-state index contributed by atoms with van der Waals surface area (Å²) in [6.07, 6.45) is 1.03. The van der Waals surface area contributed by atoms with E-state index in [0.717, 1.165) is 6.26 Å². The summed E-state index contributed by atoms with van der Waals surface area (Å²) in [5, 5.41) is 11.5. The molecular formula is C11H10Cl2N4O2S. The Kier molecular flexibility index (Phi) is 4.32. The Balaban J connectivity index is 2.17. The Morgan fingerprint density at radius 1 is 1.05 bits per heavy atom. The molecule has 0 aliphatic heterocycles. The molecule has 0 saturated heterocycles. The van der Waals surface area contributed by atoms with Crippen LogP contribution in [0.3, 0.4) is 0 Å². The number of hydrogen-bond acceptors (Lipinski definition) is 5. The van der Waals surface area contributed by atoms with Crippen LogP contribution in [-0.2, 0) is 10.0 Å². The van der Waals surface area contributed by atoms with E-state index >= 15 is 0 Å². The molecule has 2 rings (SSSR count). The predicted octanol–water partition coefficient (Wildman–Crippen LogP) is 2.90. The van der Waals surface area contributed by atoms with E-state index in [0.29, 0.717) is 21.6 Å². The highest BCUT2D eigenvalue weighted by Gasteiger charge is 2.06. The summed E-state index contributed by atoms with van der Waals surface area (Å²) >= 11 is 11.9. The second-order valence-corrected chi connectivity index (χ2v) is 6.52. The first-order valence-electron chi connectivity index (χ1n) is 5.37. The van der Waals surface area contributed by atoms with Crippen LogP contribution in [0.1, 0.15) is 0 Å². The van der Waals surface area contributed by atoms with E-state index in [9.17, 15) is 8.42 Å². The monoisotopic (exact) mass is 332 g/mol. The van der Waals surface area contributed by atoms with Gasteiger partial charge in [-0.1, -0.05) is 23.2 Å². The molecule has 0 saturated carbocycles. The first-order chi connectivity index (χ1) is 9.33. The third kappa shape index (κ3) is 4.22. The summed E-state index contributed by atoms with van der Waals surface area (Å²) in [6.45, 7) is 0. The molecular weight excluding hydrogens is 323 g/mol.